The highest BCUT2D eigenvalue weighted by molar-refractivity contribution is 5.64. The molecule has 1 aliphatic carbocycles. The molecule has 0 bridgehead atoms. The van der Waals surface area contributed by atoms with Crippen LogP contribution in [0.5, 0.6) is 11.6 Å². The van der Waals surface area contributed by atoms with Crippen molar-refractivity contribution >= 4 is 11.7 Å². The van der Waals surface area contributed by atoms with Gasteiger partial charge in [-0.3, -0.25) is 14.9 Å². The molecule has 0 saturated heterocycles. The molecule has 4 aromatic rings. The van der Waals surface area contributed by atoms with Crippen molar-refractivity contribution in [3.63, 3.8) is 0 Å². The molecule has 1 aromatic carbocycles. The van der Waals surface area contributed by atoms with Crippen molar-refractivity contribution in [2.45, 2.75) is 45.6 Å². The summed E-state index contributed by atoms with van der Waals surface area (Å²) in [5.74, 6) is 0.563. The van der Waals surface area contributed by atoms with Gasteiger partial charge in [-0.25, -0.2) is 9.78 Å². The number of hydrogen-bond donors (Lipinski definition) is 3. The number of H-pyrrole nitrogens is 2. The van der Waals surface area contributed by atoms with Gasteiger partial charge in [-0.2, -0.15) is 9.61 Å². The number of imidazole rings is 1. The van der Waals surface area contributed by atoms with Crippen LogP contribution >= 0.6 is 0 Å². The summed E-state index contributed by atoms with van der Waals surface area (Å²) in [6.45, 7) is 8.07. The van der Waals surface area contributed by atoms with Crippen molar-refractivity contribution < 1.29 is 9.84 Å². The molecule has 0 spiro atoms. The topological polar surface area (TPSA) is 124 Å². The maximum absolute atomic E-state index is 11.6. The van der Waals surface area contributed by atoms with Gasteiger partial charge in [0.25, 0.3) is 0 Å². The lowest BCUT2D eigenvalue weighted by atomic mass is 10.1. The van der Waals surface area contributed by atoms with Crippen LogP contribution in [-0.2, 0) is 0 Å². The van der Waals surface area contributed by atoms with Gasteiger partial charge in [0.15, 0.2) is 11.1 Å². The number of rotatable bonds is 11. The predicted octanol–water partition coefficient (Wildman–Crippen LogP) is 2.23. The van der Waals surface area contributed by atoms with Gasteiger partial charge < -0.3 is 14.8 Å². The van der Waals surface area contributed by atoms with Crippen LogP contribution in [0.3, 0.4) is 0 Å². The lowest BCUT2D eigenvalue weighted by molar-refractivity contribution is 0.209. The minimum Gasteiger partial charge on any atom is -0.493 e. The summed E-state index contributed by atoms with van der Waals surface area (Å²) in [5.41, 5.74) is 2.75. The number of benzene rings is 1. The molecule has 1 saturated carbocycles. The summed E-state index contributed by atoms with van der Waals surface area (Å²) in [6.07, 6.45) is 7.69. The van der Waals surface area contributed by atoms with Gasteiger partial charge in [-0.05, 0) is 57.0 Å². The Morgan fingerprint density at radius 3 is 2.70 bits per heavy atom. The van der Waals surface area contributed by atoms with E-state index < -0.39 is 5.69 Å². The molecule has 5 rings (SSSR count). The highest BCUT2D eigenvalue weighted by Gasteiger charge is 2.20. The average molecular weight is 504 g/mol. The Kier molecular flexibility index (Phi) is 7.36. The zero-order valence-electron chi connectivity index (χ0n) is 21.3. The molecule has 10 heteroatoms. The van der Waals surface area contributed by atoms with E-state index in [1.54, 1.807) is 16.8 Å². The number of aromatic hydroxyl groups is 1. The number of nitrogens with zero attached hydrogens (tertiary/aromatic N) is 5. The summed E-state index contributed by atoms with van der Waals surface area (Å²) in [5, 5.41) is 15.2. The first-order valence-electron chi connectivity index (χ1n) is 12.9. The van der Waals surface area contributed by atoms with Crippen LogP contribution in [0.25, 0.3) is 23.0 Å². The lowest BCUT2D eigenvalue weighted by Gasteiger charge is -2.21. The van der Waals surface area contributed by atoms with E-state index in [0.29, 0.717) is 23.5 Å². The molecular formula is C27H33N7O3. The van der Waals surface area contributed by atoms with Crippen molar-refractivity contribution in [1.82, 2.24) is 29.5 Å². The molecule has 0 aliphatic heterocycles. The first kappa shape index (κ1) is 24.8. The number of aromatic nitrogens is 5. The molecule has 0 radical (unpaired) electrons. The number of aromatic amines is 2. The fourth-order valence-corrected chi connectivity index (χ4v) is 4.35. The van der Waals surface area contributed by atoms with Crippen LogP contribution in [0.1, 0.15) is 45.2 Å². The second-order valence-electron chi connectivity index (χ2n) is 9.40. The Morgan fingerprint density at radius 2 is 2.00 bits per heavy atom. The lowest BCUT2D eigenvalue weighted by Crippen LogP contribution is -2.30. The van der Waals surface area contributed by atoms with E-state index >= 15 is 0 Å². The number of hydrogen-bond acceptors (Lipinski definition) is 7. The predicted molar refractivity (Wildman–Crippen MR) is 141 cm³/mol. The number of nitrogens with one attached hydrogen (secondary N) is 2. The molecule has 3 aromatic heterocycles. The molecule has 194 valence electrons. The molecule has 37 heavy (non-hydrogen) atoms. The molecule has 1 fully saturated rings. The second kappa shape index (κ2) is 11.0. The van der Waals surface area contributed by atoms with Crippen molar-refractivity contribution in [2.75, 3.05) is 26.2 Å². The monoisotopic (exact) mass is 503 g/mol. The molecule has 10 nitrogen and oxygen atoms in total. The summed E-state index contributed by atoms with van der Waals surface area (Å²) in [7, 11) is 0. The highest BCUT2D eigenvalue weighted by Crippen LogP contribution is 2.24. The van der Waals surface area contributed by atoms with E-state index in [1.165, 1.54) is 0 Å². The van der Waals surface area contributed by atoms with Crippen LogP contribution in [0.2, 0.25) is 0 Å². The van der Waals surface area contributed by atoms with E-state index in [0.717, 1.165) is 67.8 Å². The van der Waals surface area contributed by atoms with Gasteiger partial charge in [0.05, 0.1) is 17.9 Å². The van der Waals surface area contributed by atoms with Crippen molar-refractivity contribution in [3.8, 4) is 22.9 Å². The van der Waals surface area contributed by atoms with Gasteiger partial charge in [-0.1, -0.05) is 26.0 Å². The molecule has 1 aliphatic rings. The Balaban J connectivity index is 1.48. The molecular weight excluding hydrogens is 470 g/mol. The maximum Gasteiger partial charge on any atom is 0.326 e. The van der Waals surface area contributed by atoms with Crippen LogP contribution in [-0.4, -0.2) is 66.9 Å². The molecule has 3 heterocycles. The fraction of sp³-hybridized carbons (Fsp3) is 0.407. The Labute approximate surface area is 214 Å². The first-order chi connectivity index (χ1) is 18.0. The first-order valence-corrected chi connectivity index (χ1v) is 12.9. The van der Waals surface area contributed by atoms with Gasteiger partial charge in [-0.15, -0.1) is 0 Å². The zero-order valence-corrected chi connectivity index (χ0v) is 21.3. The van der Waals surface area contributed by atoms with Gasteiger partial charge in [0, 0.05) is 23.4 Å². The van der Waals surface area contributed by atoms with E-state index in [-0.39, 0.29) is 11.6 Å². The maximum atomic E-state index is 11.6. The van der Waals surface area contributed by atoms with E-state index in [1.807, 2.05) is 30.3 Å². The largest absolute Gasteiger partial charge is 0.493 e. The molecule has 0 unspecified atom stereocenters. The van der Waals surface area contributed by atoms with Gasteiger partial charge in [0.1, 0.15) is 18.1 Å². The summed E-state index contributed by atoms with van der Waals surface area (Å²) >= 11 is 0. The quantitative estimate of drug-likeness (QED) is 0.288. The van der Waals surface area contributed by atoms with Crippen LogP contribution in [0, 0.1) is 0 Å². The van der Waals surface area contributed by atoms with Crippen molar-refractivity contribution in [3.05, 3.63) is 63.4 Å². The highest BCUT2D eigenvalue weighted by atomic mass is 16.5. The minimum atomic E-state index is -0.484. The third kappa shape index (κ3) is 5.91. The van der Waals surface area contributed by atoms with Gasteiger partial charge >= 0.3 is 5.69 Å². The van der Waals surface area contributed by atoms with Crippen LogP contribution < -0.4 is 21.1 Å². The second-order valence-corrected chi connectivity index (χ2v) is 9.40. The Bertz CT molecular complexity index is 1540. The van der Waals surface area contributed by atoms with Crippen LogP contribution in [0.15, 0.2) is 46.3 Å². The van der Waals surface area contributed by atoms with E-state index in [2.05, 4.69) is 33.8 Å². The SMILES string of the molecule is CCCN(CCC)CCOc1cccc(-c2cc(=NC3CC3)n3ncc(=Cc4[nH]c(=O)[nH]c4O)c3n2)c1. The summed E-state index contributed by atoms with van der Waals surface area (Å²) in [4.78, 5) is 28.6. The van der Waals surface area contributed by atoms with Crippen molar-refractivity contribution in [2.24, 2.45) is 4.99 Å². The van der Waals surface area contributed by atoms with Gasteiger partial charge in [0.2, 0.25) is 5.88 Å². The smallest absolute Gasteiger partial charge is 0.326 e. The normalized spacial score (nSPS) is 14.8. The van der Waals surface area contributed by atoms with E-state index in [9.17, 15) is 9.90 Å². The molecule has 0 amide bonds. The standard InChI is InChI=1S/C27H33N7O3/c1-3-10-33(11-4-2)12-13-37-21-7-5-6-18(14-21)22-16-24(29-20-8-9-20)34-25(30-22)19(17-28-34)15-23-26(35)32-27(36)31-23/h5-7,14-17,20,35H,3-4,8-13H2,1-2H3,(H2,31,32,36). The van der Waals surface area contributed by atoms with Crippen molar-refractivity contribution in [1.29, 1.82) is 0 Å². The summed E-state index contributed by atoms with van der Waals surface area (Å²) in [6, 6.07) is 10.2. The average Bonchev–Trinajstić information content (AvgIpc) is 3.52. The number of ether oxygens (including phenoxy) is 1. The zero-order chi connectivity index (χ0) is 25.8. The van der Waals surface area contributed by atoms with E-state index in [4.69, 9.17) is 14.7 Å². The third-order valence-electron chi connectivity index (χ3n) is 6.26. The minimum absolute atomic E-state index is 0.232. The Hall–Kier alpha value is -3.92. The third-order valence-corrected chi connectivity index (χ3v) is 6.26. The van der Waals surface area contributed by atoms with Crippen LogP contribution in [0.4, 0.5) is 0 Å². The summed E-state index contributed by atoms with van der Waals surface area (Å²) < 4.78 is 7.81. The molecule has 0 atom stereocenters. The fourth-order valence-electron chi connectivity index (χ4n) is 4.35. The molecule has 3 N–H and O–H groups in total. The number of fused-ring (bicyclic) bond motifs is 1. The Morgan fingerprint density at radius 1 is 1.19 bits per heavy atom.